The van der Waals surface area contributed by atoms with E-state index in [2.05, 4.69) is 0 Å². The van der Waals surface area contributed by atoms with Crippen LogP contribution in [-0.2, 0) is 19.2 Å². The van der Waals surface area contributed by atoms with E-state index in [9.17, 15) is 19.2 Å². The van der Waals surface area contributed by atoms with Crippen molar-refractivity contribution < 1.29 is 19.2 Å². The number of primary amides is 1. The molecule has 0 aliphatic carbocycles. The third-order valence-electron chi connectivity index (χ3n) is 4.72. The number of nitrogens with two attached hydrogens (primary N) is 1. The van der Waals surface area contributed by atoms with Gasteiger partial charge in [-0.05, 0) is 12.8 Å². The molecule has 24 heavy (non-hydrogen) atoms. The summed E-state index contributed by atoms with van der Waals surface area (Å²) >= 11 is 0. The summed E-state index contributed by atoms with van der Waals surface area (Å²) in [6.07, 6.45) is 3.25. The van der Waals surface area contributed by atoms with E-state index >= 15 is 0 Å². The molecule has 2 heterocycles. The molecule has 134 valence electrons. The van der Waals surface area contributed by atoms with Crippen LogP contribution >= 0.6 is 0 Å². The lowest BCUT2D eigenvalue weighted by atomic mass is 10.1. The van der Waals surface area contributed by atoms with Gasteiger partial charge in [0.25, 0.3) is 0 Å². The molecule has 0 saturated carbocycles. The number of carbonyl (C=O) groups excluding carboxylic acids is 4. The molecule has 1 unspecified atom stereocenters. The van der Waals surface area contributed by atoms with Crippen molar-refractivity contribution in [3.8, 4) is 0 Å². The first-order valence-corrected chi connectivity index (χ1v) is 8.49. The zero-order valence-corrected chi connectivity index (χ0v) is 14.2. The first-order valence-electron chi connectivity index (χ1n) is 8.49. The van der Waals surface area contributed by atoms with E-state index in [1.165, 1.54) is 6.92 Å². The van der Waals surface area contributed by atoms with Gasteiger partial charge in [0.1, 0.15) is 0 Å². The van der Waals surface area contributed by atoms with Crippen molar-refractivity contribution in [2.24, 2.45) is 11.7 Å². The van der Waals surface area contributed by atoms with Crippen molar-refractivity contribution in [3.05, 3.63) is 0 Å². The predicted octanol–water partition coefficient (Wildman–Crippen LogP) is -0.819. The maximum absolute atomic E-state index is 12.6. The van der Waals surface area contributed by atoms with Gasteiger partial charge in [-0.2, -0.15) is 0 Å². The number of likely N-dealkylation sites (tertiary alicyclic amines) is 1. The Hall–Kier alpha value is -2.12. The highest BCUT2D eigenvalue weighted by atomic mass is 16.2. The first kappa shape index (κ1) is 18.2. The minimum Gasteiger partial charge on any atom is -0.369 e. The Kier molecular flexibility index (Phi) is 6.16. The molecule has 0 bridgehead atoms. The van der Waals surface area contributed by atoms with Gasteiger partial charge in [-0.3, -0.25) is 19.2 Å². The number of amides is 4. The lowest BCUT2D eigenvalue weighted by Crippen LogP contribution is -2.46. The molecule has 0 spiro atoms. The van der Waals surface area contributed by atoms with E-state index in [0.717, 1.165) is 19.3 Å². The molecule has 2 saturated heterocycles. The van der Waals surface area contributed by atoms with Crippen molar-refractivity contribution in [3.63, 3.8) is 0 Å². The number of hydrogen-bond acceptors (Lipinski definition) is 4. The largest absolute Gasteiger partial charge is 0.369 e. The Morgan fingerprint density at radius 1 is 1.04 bits per heavy atom. The molecule has 8 heteroatoms. The Balaban J connectivity index is 2.03. The number of rotatable bonds is 3. The third kappa shape index (κ3) is 4.69. The van der Waals surface area contributed by atoms with Crippen LogP contribution in [0.5, 0.6) is 0 Å². The molecule has 1 atom stereocenters. The molecule has 2 aliphatic rings. The fraction of sp³-hybridized carbons (Fsp3) is 0.750. The van der Waals surface area contributed by atoms with Crippen LogP contribution in [0.1, 0.15) is 32.6 Å². The second-order valence-electron chi connectivity index (χ2n) is 6.53. The van der Waals surface area contributed by atoms with Crippen molar-refractivity contribution in [2.75, 3.05) is 39.3 Å². The summed E-state index contributed by atoms with van der Waals surface area (Å²) in [6, 6.07) is 0. The standard InChI is InChI=1S/C16H26N4O4/c1-12(21)18-7-8-20(10-13(9-18)16(17)24)15(23)11-19-6-4-2-3-5-14(19)22/h13H,2-11H2,1H3,(H2,17,24). The fourth-order valence-electron chi connectivity index (χ4n) is 3.18. The fourth-order valence-corrected chi connectivity index (χ4v) is 3.18. The number of carbonyl (C=O) groups is 4. The Labute approximate surface area is 141 Å². The number of hydrogen-bond donors (Lipinski definition) is 1. The van der Waals surface area contributed by atoms with Crippen LogP contribution in [0.4, 0.5) is 0 Å². The van der Waals surface area contributed by atoms with E-state index in [-0.39, 0.29) is 37.4 Å². The molecule has 0 aromatic carbocycles. The van der Waals surface area contributed by atoms with E-state index < -0.39 is 11.8 Å². The van der Waals surface area contributed by atoms with Gasteiger partial charge in [-0.25, -0.2) is 0 Å². The molecule has 2 aliphatic heterocycles. The van der Waals surface area contributed by atoms with Crippen molar-refractivity contribution in [1.29, 1.82) is 0 Å². The van der Waals surface area contributed by atoms with Crippen LogP contribution in [0, 0.1) is 5.92 Å². The third-order valence-corrected chi connectivity index (χ3v) is 4.72. The Morgan fingerprint density at radius 3 is 2.38 bits per heavy atom. The number of nitrogens with zero attached hydrogens (tertiary/aromatic N) is 3. The molecule has 0 aromatic rings. The van der Waals surface area contributed by atoms with Crippen molar-refractivity contribution in [1.82, 2.24) is 14.7 Å². The molecule has 4 amide bonds. The van der Waals surface area contributed by atoms with Crippen LogP contribution in [0.25, 0.3) is 0 Å². The lowest BCUT2D eigenvalue weighted by molar-refractivity contribution is -0.140. The average Bonchev–Trinajstić information content (AvgIpc) is 2.86. The minimum absolute atomic E-state index is 0.00693. The molecule has 0 radical (unpaired) electrons. The van der Waals surface area contributed by atoms with Gasteiger partial charge >= 0.3 is 0 Å². The van der Waals surface area contributed by atoms with Gasteiger partial charge in [-0.1, -0.05) is 6.42 Å². The molecule has 2 fully saturated rings. The highest BCUT2D eigenvalue weighted by Gasteiger charge is 2.31. The SMILES string of the molecule is CC(=O)N1CCN(C(=O)CN2CCCCCC2=O)CC(C(N)=O)C1. The van der Waals surface area contributed by atoms with Gasteiger partial charge in [0, 0.05) is 46.1 Å². The van der Waals surface area contributed by atoms with Crippen LogP contribution in [0.2, 0.25) is 0 Å². The van der Waals surface area contributed by atoms with Gasteiger partial charge in [0.15, 0.2) is 0 Å². The highest BCUT2D eigenvalue weighted by molar-refractivity contribution is 5.86. The predicted molar refractivity (Wildman–Crippen MR) is 86.6 cm³/mol. The maximum Gasteiger partial charge on any atom is 0.242 e. The minimum atomic E-state index is -0.583. The normalized spacial score (nSPS) is 22.8. The Bertz CT molecular complexity index is 522. The van der Waals surface area contributed by atoms with Crippen LogP contribution in [-0.4, -0.2) is 77.6 Å². The summed E-state index contributed by atoms with van der Waals surface area (Å²) in [5, 5.41) is 0. The van der Waals surface area contributed by atoms with Gasteiger partial charge in [0.2, 0.25) is 23.6 Å². The Morgan fingerprint density at radius 2 is 1.71 bits per heavy atom. The molecule has 2 rings (SSSR count). The summed E-state index contributed by atoms with van der Waals surface area (Å²) < 4.78 is 0. The molecule has 8 nitrogen and oxygen atoms in total. The van der Waals surface area contributed by atoms with Crippen molar-refractivity contribution in [2.45, 2.75) is 32.6 Å². The van der Waals surface area contributed by atoms with Crippen LogP contribution in [0.3, 0.4) is 0 Å². The second-order valence-corrected chi connectivity index (χ2v) is 6.53. The summed E-state index contributed by atoms with van der Waals surface area (Å²) in [7, 11) is 0. The van der Waals surface area contributed by atoms with Crippen LogP contribution < -0.4 is 5.73 Å². The zero-order valence-electron chi connectivity index (χ0n) is 14.2. The maximum atomic E-state index is 12.6. The first-order chi connectivity index (χ1) is 11.4. The highest BCUT2D eigenvalue weighted by Crippen LogP contribution is 2.14. The average molecular weight is 338 g/mol. The monoisotopic (exact) mass is 338 g/mol. The molecule has 0 aromatic heterocycles. The van der Waals surface area contributed by atoms with E-state index in [1.54, 1.807) is 14.7 Å². The van der Waals surface area contributed by atoms with Gasteiger partial charge < -0.3 is 20.4 Å². The lowest BCUT2D eigenvalue weighted by Gasteiger charge is -2.26. The summed E-state index contributed by atoms with van der Waals surface area (Å²) in [5.41, 5.74) is 5.41. The summed E-state index contributed by atoms with van der Waals surface area (Å²) in [5.74, 6) is -1.43. The quantitative estimate of drug-likeness (QED) is 0.726. The topological polar surface area (TPSA) is 104 Å². The smallest absolute Gasteiger partial charge is 0.242 e. The molecular formula is C16H26N4O4. The van der Waals surface area contributed by atoms with Gasteiger partial charge in [-0.15, -0.1) is 0 Å². The van der Waals surface area contributed by atoms with Gasteiger partial charge in [0.05, 0.1) is 12.5 Å². The molecular weight excluding hydrogens is 312 g/mol. The van der Waals surface area contributed by atoms with E-state index in [1.807, 2.05) is 0 Å². The van der Waals surface area contributed by atoms with Crippen LogP contribution in [0.15, 0.2) is 0 Å². The van der Waals surface area contributed by atoms with E-state index in [4.69, 9.17) is 5.73 Å². The molecule has 2 N–H and O–H groups in total. The second kappa shape index (κ2) is 8.12. The summed E-state index contributed by atoms with van der Waals surface area (Å²) in [6.45, 7) is 3.22. The van der Waals surface area contributed by atoms with Crippen molar-refractivity contribution >= 4 is 23.6 Å². The van der Waals surface area contributed by atoms with E-state index in [0.29, 0.717) is 26.1 Å². The summed E-state index contributed by atoms with van der Waals surface area (Å²) in [4.78, 5) is 52.6. The zero-order chi connectivity index (χ0) is 17.7.